The smallest absolute Gasteiger partial charge is 0.250 e. The van der Waals surface area contributed by atoms with Gasteiger partial charge in [-0.3, -0.25) is 4.79 Å². The number of phenols is 1. The number of aryl methyl sites for hydroxylation is 1. The van der Waals surface area contributed by atoms with Crippen LogP contribution in [0, 0.1) is 17.7 Å². The van der Waals surface area contributed by atoms with Crippen molar-refractivity contribution in [1.29, 1.82) is 5.41 Å². The summed E-state index contributed by atoms with van der Waals surface area (Å²) in [5.41, 5.74) is 8.62. The minimum atomic E-state index is -0.540. The Kier molecular flexibility index (Phi) is 8.00. The molecule has 1 atom stereocenters. The number of phenolic OH excluding ortho intramolecular Hbond substituents is 1. The summed E-state index contributed by atoms with van der Waals surface area (Å²) in [7, 11) is 2.06. The predicted molar refractivity (Wildman–Crippen MR) is 123 cm³/mol. The summed E-state index contributed by atoms with van der Waals surface area (Å²) in [6, 6.07) is 5.03. The lowest BCUT2D eigenvalue weighted by Crippen LogP contribution is -2.31. The van der Waals surface area contributed by atoms with E-state index in [1.54, 1.807) is 31.2 Å². The number of carbonyl (C=O) groups excluding carboxylic acids is 1. The van der Waals surface area contributed by atoms with Gasteiger partial charge in [0.05, 0.1) is 5.71 Å². The molecule has 0 unspecified atom stereocenters. The molecule has 30 heavy (non-hydrogen) atoms. The van der Waals surface area contributed by atoms with Crippen LogP contribution in [0.2, 0.25) is 0 Å². The second-order valence-electron chi connectivity index (χ2n) is 8.14. The standard InChI is InChI=1S/C24H34N4O2/c1-5-28(4)13-7-12-27-23(30)19-8-6-11-24(3,16-19)22(26)15-20(25)18-9-10-21(29)17(2)14-18/h6,8-10,14-16,25,29H,5,7,11-13,26H2,1-4H3,(H,27,30)/b22-15-,25-20?/t24-/m0/s1. The number of amides is 1. The summed E-state index contributed by atoms with van der Waals surface area (Å²) in [4.78, 5) is 14.8. The van der Waals surface area contributed by atoms with Gasteiger partial charge >= 0.3 is 0 Å². The van der Waals surface area contributed by atoms with Gasteiger partial charge in [0.2, 0.25) is 0 Å². The highest BCUT2D eigenvalue weighted by Gasteiger charge is 2.28. The molecule has 0 aliphatic heterocycles. The first-order valence-corrected chi connectivity index (χ1v) is 10.4. The minimum absolute atomic E-state index is 0.103. The van der Waals surface area contributed by atoms with Gasteiger partial charge in [0, 0.05) is 23.2 Å². The Morgan fingerprint density at radius 1 is 1.43 bits per heavy atom. The van der Waals surface area contributed by atoms with E-state index >= 15 is 0 Å². The van der Waals surface area contributed by atoms with E-state index in [1.807, 2.05) is 25.2 Å². The van der Waals surface area contributed by atoms with E-state index in [1.165, 1.54) is 0 Å². The van der Waals surface area contributed by atoms with E-state index in [9.17, 15) is 9.90 Å². The highest BCUT2D eigenvalue weighted by molar-refractivity contribution is 6.07. The van der Waals surface area contributed by atoms with Crippen LogP contribution in [0.25, 0.3) is 0 Å². The van der Waals surface area contributed by atoms with Gasteiger partial charge in [-0.25, -0.2) is 0 Å². The Morgan fingerprint density at radius 2 is 2.17 bits per heavy atom. The molecule has 6 nitrogen and oxygen atoms in total. The largest absolute Gasteiger partial charge is 0.508 e. The average Bonchev–Trinajstić information content (AvgIpc) is 2.72. The molecule has 0 bridgehead atoms. The van der Waals surface area contributed by atoms with Crippen LogP contribution in [-0.4, -0.2) is 48.3 Å². The third-order valence-corrected chi connectivity index (χ3v) is 5.58. The fourth-order valence-electron chi connectivity index (χ4n) is 3.26. The van der Waals surface area contributed by atoms with Crippen LogP contribution < -0.4 is 11.1 Å². The van der Waals surface area contributed by atoms with Crippen molar-refractivity contribution in [3.63, 3.8) is 0 Å². The number of benzene rings is 1. The third-order valence-electron chi connectivity index (χ3n) is 5.58. The summed E-state index contributed by atoms with van der Waals surface area (Å²) >= 11 is 0. The highest BCUT2D eigenvalue weighted by atomic mass is 16.3. The molecular weight excluding hydrogens is 376 g/mol. The van der Waals surface area contributed by atoms with E-state index in [-0.39, 0.29) is 17.4 Å². The fraction of sp³-hybridized carbons (Fsp3) is 0.417. The Balaban J connectivity index is 2.08. The molecule has 1 aliphatic carbocycles. The lowest BCUT2D eigenvalue weighted by atomic mass is 9.78. The zero-order valence-electron chi connectivity index (χ0n) is 18.5. The fourth-order valence-corrected chi connectivity index (χ4v) is 3.26. The summed E-state index contributed by atoms with van der Waals surface area (Å²) in [6.45, 7) is 8.43. The van der Waals surface area contributed by atoms with Crippen molar-refractivity contribution in [2.75, 3.05) is 26.7 Å². The van der Waals surface area contributed by atoms with Gasteiger partial charge in [-0.05, 0) is 75.3 Å². The van der Waals surface area contributed by atoms with Crippen molar-refractivity contribution in [3.8, 4) is 5.75 Å². The maximum atomic E-state index is 12.6. The average molecular weight is 411 g/mol. The quantitative estimate of drug-likeness (QED) is 0.371. The molecule has 0 fully saturated rings. The van der Waals surface area contributed by atoms with Crippen LogP contribution >= 0.6 is 0 Å². The number of nitrogens with zero attached hydrogens (tertiary/aromatic N) is 1. The molecule has 0 saturated heterocycles. The van der Waals surface area contributed by atoms with Gasteiger partial charge < -0.3 is 26.5 Å². The highest BCUT2D eigenvalue weighted by Crippen LogP contribution is 2.35. The monoisotopic (exact) mass is 410 g/mol. The molecule has 1 amide bonds. The molecule has 6 heteroatoms. The maximum absolute atomic E-state index is 12.6. The molecule has 0 heterocycles. The Morgan fingerprint density at radius 3 is 2.83 bits per heavy atom. The van der Waals surface area contributed by atoms with Crippen molar-refractivity contribution in [1.82, 2.24) is 10.2 Å². The summed E-state index contributed by atoms with van der Waals surface area (Å²) in [5, 5.41) is 21.0. The summed E-state index contributed by atoms with van der Waals surface area (Å²) in [6.07, 6.45) is 8.87. The number of aromatic hydroxyl groups is 1. The number of hydrogen-bond donors (Lipinski definition) is 4. The van der Waals surface area contributed by atoms with Crippen molar-refractivity contribution < 1.29 is 9.90 Å². The van der Waals surface area contributed by atoms with Crippen molar-refractivity contribution in [2.24, 2.45) is 11.1 Å². The Labute approximate surface area is 179 Å². The van der Waals surface area contributed by atoms with E-state index in [0.29, 0.717) is 35.4 Å². The second-order valence-corrected chi connectivity index (χ2v) is 8.14. The van der Waals surface area contributed by atoms with Gasteiger partial charge in [0.1, 0.15) is 5.75 Å². The number of nitrogens with one attached hydrogen (secondary N) is 2. The number of hydrogen-bond acceptors (Lipinski definition) is 5. The minimum Gasteiger partial charge on any atom is -0.508 e. The van der Waals surface area contributed by atoms with Crippen LogP contribution in [0.5, 0.6) is 5.75 Å². The second kappa shape index (κ2) is 10.3. The number of allylic oxidation sites excluding steroid dienone is 3. The Hall–Kier alpha value is -2.86. The first-order chi connectivity index (χ1) is 14.2. The molecule has 1 aliphatic rings. The van der Waals surface area contributed by atoms with Crippen molar-refractivity contribution >= 4 is 11.6 Å². The molecule has 0 radical (unpaired) electrons. The van der Waals surface area contributed by atoms with Gasteiger partial charge in [-0.15, -0.1) is 0 Å². The predicted octanol–water partition coefficient (Wildman–Crippen LogP) is 3.26. The molecular formula is C24H34N4O2. The first kappa shape index (κ1) is 23.4. The zero-order valence-corrected chi connectivity index (χ0v) is 18.5. The maximum Gasteiger partial charge on any atom is 0.250 e. The lowest BCUT2D eigenvalue weighted by Gasteiger charge is -2.29. The first-order valence-electron chi connectivity index (χ1n) is 10.4. The molecule has 1 aromatic rings. The van der Waals surface area contributed by atoms with Crippen LogP contribution in [0.3, 0.4) is 0 Å². The van der Waals surface area contributed by atoms with Crippen molar-refractivity contribution in [3.05, 3.63) is 64.9 Å². The van der Waals surface area contributed by atoms with Gasteiger partial charge in [-0.2, -0.15) is 0 Å². The molecule has 1 aromatic carbocycles. The SMILES string of the molecule is CCN(C)CCCNC(=O)C1=C[C@@](C)(/C(N)=C/C(=N)c2ccc(O)c(C)c2)CC=C1. The van der Waals surface area contributed by atoms with Crippen molar-refractivity contribution in [2.45, 2.75) is 33.6 Å². The van der Waals surface area contributed by atoms with Gasteiger partial charge in [0.25, 0.3) is 5.91 Å². The number of carbonyl (C=O) groups is 1. The van der Waals surface area contributed by atoms with Gasteiger partial charge in [-0.1, -0.05) is 32.1 Å². The molecule has 162 valence electrons. The van der Waals surface area contributed by atoms with Gasteiger partial charge in [0.15, 0.2) is 0 Å². The third kappa shape index (κ3) is 6.07. The molecule has 5 N–H and O–H groups in total. The number of rotatable bonds is 9. The van der Waals surface area contributed by atoms with Crippen LogP contribution in [0.1, 0.15) is 37.8 Å². The van der Waals surface area contributed by atoms with Crippen LogP contribution in [-0.2, 0) is 4.79 Å². The molecule has 0 spiro atoms. The van der Waals surface area contributed by atoms with E-state index in [0.717, 1.165) is 19.5 Å². The summed E-state index contributed by atoms with van der Waals surface area (Å²) in [5.74, 6) is 0.0983. The molecule has 2 rings (SSSR count). The normalized spacial score (nSPS) is 19.0. The molecule has 0 aromatic heterocycles. The van der Waals surface area contributed by atoms with Crippen LogP contribution in [0.4, 0.5) is 0 Å². The number of nitrogens with two attached hydrogens (primary N) is 1. The van der Waals surface area contributed by atoms with E-state index in [4.69, 9.17) is 11.1 Å². The van der Waals surface area contributed by atoms with Crippen LogP contribution in [0.15, 0.2) is 53.8 Å². The Bertz CT molecular complexity index is 885. The zero-order chi connectivity index (χ0) is 22.3. The van der Waals surface area contributed by atoms with E-state index in [2.05, 4.69) is 24.2 Å². The summed E-state index contributed by atoms with van der Waals surface area (Å²) < 4.78 is 0. The lowest BCUT2D eigenvalue weighted by molar-refractivity contribution is -0.117. The van der Waals surface area contributed by atoms with E-state index < -0.39 is 5.41 Å². The topological polar surface area (TPSA) is 102 Å². The molecule has 0 saturated carbocycles.